The van der Waals surface area contributed by atoms with Gasteiger partial charge >= 0.3 is 194 Å². The quantitative estimate of drug-likeness (QED) is 0.224. The van der Waals surface area contributed by atoms with Gasteiger partial charge in [-0.1, -0.05) is 0 Å². The molecule has 0 fully saturated rings. The Balaban J connectivity index is 0.00000162. The smallest absolute Gasteiger partial charge is 0.147 e. The molecule has 0 heterocycles. The summed E-state index contributed by atoms with van der Waals surface area (Å²) in [6, 6.07) is 22.7. The van der Waals surface area contributed by atoms with Gasteiger partial charge in [-0.15, -0.1) is 24.8 Å². The summed E-state index contributed by atoms with van der Waals surface area (Å²) in [7, 11) is 0. The van der Waals surface area contributed by atoms with Gasteiger partial charge in [0.2, 0.25) is 0 Å². The van der Waals surface area contributed by atoms with Crippen molar-refractivity contribution in [3.63, 3.8) is 0 Å². The third-order valence-electron chi connectivity index (χ3n) is 7.98. The first kappa shape index (κ1) is 26.6. The Kier molecular flexibility index (Phi) is 7.74. The topological polar surface area (TPSA) is 0 Å². The van der Waals surface area contributed by atoms with E-state index in [1.54, 1.807) is 3.28 Å². The van der Waals surface area contributed by atoms with E-state index in [9.17, 15) is 0 Å². The van der Waals surface area contributed by atoms with Gasteiger partial charge in [0.15, 0.2) is 0 Å². The molecule has 5 rings (SSSR count). The summed E-state index contributed by atoms with van der Waals surface area (Å²) in [5.74, 6) is 0. The molecule has 0 N–H and O–H groups in total. The number of halogens is 2. The molecule has 3 aromatic carbocycles. The van der Waals surface area contributed by atoms with Crippen LogP contribution >= 0.6 is 24.8 Å². The van der Waals surface area contributed by atoms with Crippen LogP contribution in [0.1, 0.15) is 35.6 Å². The molecule has 2 aliphatic carbocycles. The van der Waals surface area contributed by atoms with E-state index in [1.165, 1.54) is 39.9 Å². The summed E-state index contributed by atoms with van der Waals surface area (Å²) < 4.78 is 11.0. The zero-order chi connectivity index (χ0) is 22.4. The zero-order valence-corrected chi connectivity index (χ0v) is 23.8. The number of fused-ring (bicyclic) bond motifs is 3. The third kappa shape index (κ3) is 3.74. The van der Waals surface area contributed by atoms with Crippen molar-refractivity contribution in [2.75, 3.05) is 0 Å². The van der Waals surface area contributed by atoms with E-state index in [1.807, 2.05) is 12.2 Å². The second-order valence-corrected chi connectivity index (χ2v) is 23.7. The summed E-state index contributed by atoms with van der Waals surface area (Å²) >= 11 is -4.10. The second kappa shape index (κ2) is 9.90. The molecule has 0 unspecified atom stereocenters. The minimum Gasteiger partial charge on any atom is -0.147 e. The molecule has 0 atom stereocenters. The molecule has 0 amide bonds. The SMILES string of the molecule is C=Cc1ccc2c(c1)-c1cc(C=C)c[c]([Zr](=[CH2])([CH2]C)([C]3=CC=CC3)[c]3ccccc3)c1C2.Cl.Cl. The van der Waals surface area contributed by atoms with Gasteiger partial charge in [-0.2, -0.15) is 0 Å². The summed E-state index contributed by atoms with van der Waals surface area (Å²) in [6.45, 7) is 10.5. The number of benzene rings is 3. The molecule has 0 saturated carbocycles. The molecule has 0 aromatic heterocycles. The molecule has 2 aliphatic rings. The molecule has 0 aliphatic heterocycles. The van der Waals surface area contributed by atoms with Crippen molar-refractivity contribution in [2.24, 2.45) is 0 Å². The summed E-state index contributed by atoms with van der Waals surface area (Å²) in [6.07, 6.45) is 12.8. The molecule has 3 aromatic rings. The predicted octanol–water partition coefficient (Wildman–Crippen LogP) is 7.74. The maximum Gasteiger partial charge on any atom is -0.147 e. The maximum absolute atomic E-state index is 5.34. The fourth-order valence-corrected chi connectivity index (χ4v) is 20.3. The van der Waals surface area contributed by atoms with Crippen LogP contribution in [0.5, 0.6) is 0 Å². The van der Waals surface area contributed by atoms with Gasteiger partial charge in [-0.3, -0.25) is 0 Å². The minimum atomic E-state index is -4.10. The van der Waals surface area contributed by atoms with Gasteiger partial charge in [-0.05, 0) is 0 Å². The molecule has 34 heavy (non-hydrogen) atoms. The van der Waals surface area contributed by atoms with Crippen molar-refractivity contribution in [1.29, 1.82) is 0 Å². The Morgan fingerprint density at radius 3 is 2.21 bits per heavy atom. The average Bonchev–Trinajstić information content (AvgIpc) is 3.52. The molecular weight excluding hydrogens is 534 g/mol. The van der Waals surface area contributed by atoms with Crippen molar-refractivity contribution in [1.82, 2.24) is 0 Å². The van der Waals surface area contributed by atoms with Crippen molar-refractivity contribution in [3.8, 4) is 11.1 Å². The normalized spacial score (nSPS) is 13.8. The van der Waals surface area contributed by atoms with Gasteiger partial charge in [0.05, 0.1) is 0 Å². The largest absolute Gasteiger partial charge is 0.147 e. The number of allylic oxidation sites excluding steroid dienone is 4. The Labute approximate surface area is 217 Å². The third-order valence-corrected chi connectivity index (χ3v) is 25.1. The van der Waals surface area contributed by atoms with Crippen LogP contribution in [0.3, 0.4) is 0 Å². The average molecular weight is 567 g/mol. The van der Waals surface area contributed by atoms with E-state index in [4.69, 9.17) is 4.21 Å². The zero-order valence-electron chi connectivity index (χ0n) is 19.7. The Bertz CT molecular complexity index is 1390. The first-order chi connectivity index (χ1) is 15.5. The molecule has 3 heteroatoms. The number of hydrogen-bond acceptors (Lipinski definition) is 0. The standard InChI is InChI=1S/C17H13.C6H5.C5H5.C2H5.CH2.2ClH.Zr/c1-3-12-5-7-14-11-15-8-6-13(4-2)10-17(15)16(14)9-12;1-2-4-6-5-3-1;1-2-4-5-3-1;1-2;;;;/h3-7,9-10H,1-2,11H2;1-5H;1-3H,4H2;1H2,2H3;1H2;2*1H;. The fourth-order valence-electron chi connectivity index (χ4n) is 5.97. The molecule has 0 spiro atoms. The molecule has 0 nitrogen and oxygen atoms in total. The molecular formula is C31H32Cl2Zr. The van der Waals surface area contributed by atoms with Crippen LogP contribution in [0.4, 0.5) is 0 Å². The molecule has 0 bridgehead atoms. The fraction of sp³-hybridized carbons (Fsp3) is 0.129. The van der Waals surface area contributed by atoms with E-state index in [0.717, 1.165) is 17.0 Å². The summed E-state index contributed by atoms with van der Waals surface area (Å²) in [5.41, 5.74) is 7.94. The van der Waals surface area contributed by atoms with Crippen LogP contribution in [-0.2, 0) is 24.7 Å². The number of hydrogen-bond donors (Lipinski definition) is 0. The predicted molar refractivity (Wildman–Crippen MR) is 155 cm³/mol. The Hall–Kier alpha value is -2.05. The Morgan fingerprint density at radius 1 is 0.882 bits per heavy atom. The van der Waals surface area contributed by atoms with Gasteiger partial charge in [0.25, 0.3) is 0 Å². The van der Waals surface area contributed by atoms with Gasteiger partial charge in [-0.25, -0.2) is 0 Å². The van der Waals surface area contributed by atoms with E-state index in [-0.39, 0.29) is 24.8 Å². The van der Waals surface area contributed by atoms with E-state index in [0.29, 0.717) is 0 Å². The van der Waals surface area contributed by atoms with Crippen LogP contribution in [0.15, 0.2) is 95.3 Å². The van der Waals surface area contributed by atoms with E-state index in [2.05, 4.69) is 99.0 Å². The van der Waals surface area contributed by atoms with E-state index >= 15 is 0 Å². The summed E-state index contributed by atoms with van der Waals surface area (Å²) in [5, 5.41) is 0. The van der Waals surface area contributed by atoms with Crippen LogP contribution in [0, 0.1) is 0 Å². The molecule has 174 valence electrons. The maximum atomic E-state index is 5.34. The van der Waals surface area contributed by atoms with Gasteiger partial charge < -0.3 is 0 Å². The van der Waals surface area contributed by atoms with Crippen molar-refractivity contribution >= 4 is 47.7 Å². The van der Waals surface area contributed by atoms with Gasteiger partial charge in [0.1, 0.15) is 0 Å². The first-order valence-electron chi connectivity index (χ1n) is 11.5. The monoisotopic (exact) mass is 564 g/mol. The Morgan fingerprint density at radius 2 is 1.59 bits per heavy atom. The van der Waals surface area contributed by atoms with Crippen molar-refractivity contribution in [2.45, 2.75) is 23.9 Å². The first-order valence-corrected chi connectivity index (χ1v) is 18.7. The minimum absolute atomic E-state index is 0. The van der Waals surface area contributed by atoms with Crippen LogP contribution in [0.2, 0.25) is 4.13 Å². The molecule has 0 saturated heterocycles. The molecule has 0 radical (unpaired) electrons. The van der Waals surface area contributed by atoms with Crippen molar-refractivity contribution < 1.29 is 18.3 Å². The summed E-state index contributed by atoms with van der Waals surface area (Å²) in [4.78, 5) is 0. The number of rotatable bonds is 6. The van der Waals surface area contributed by atoms with Crippen molar-refractivity contribution in [3.05, 3.63) is 118 Å². The van der Waals surface area contributed by atoms with Crippen LogP contribution in [0.25, 0.3) is 23.3 Å². The van der Waals surface area contributed by atoms with E-state index < -0.39 is 18.3 Å². The van der Waals surface area contributed by atoms with Crippen LogP contribution < -0.4 is 6.54 Å². The second-order valence-electron chi connectivity index (χ2n) is 9.33. The van der Waals surface area contributed by atoms with Crippen LogP contribution in [-0.4, -0.2) is 4.21 Å². The van der Waals surface area contributed by atoms with Gasteiger partial charge in [0, 0.05) is 0 Å².